The molecule has 1 aliphatic heterocycles. The van der Waals surface area contributed by atoms with Crippen LogP contribution in [0.1, 0.15) is 59.4 Å². The molecule has 7 nitrogen and oxygen atoms in total. The van der Waals surface area contributed by atoms with Crippen molar-refractivity contribution in [3.63, 3.8) is 0 Å². The highest BCUT2D eigenvalue weighted by Gasteiger charge is 2.40. The number of Topliss-reactive ketones (excluding diaryl/α,β-unsaturated/α-hetero) is 1. The number of hydrogen-bond acceptors (Lipinski definition) is 6. The lowest BCUT2D eigenvalue weighted by Crippen LogP contribution is -2.28. The second-order valence-electron chi connectivity index (χ2n) is 6.42. The zero-order valence-corrected chi connectivity index (χ0v) is 15.1. The van der Waals surface area contributed by atoms with Gasteiger partial charge in [0.1, 0.15) is 23.1 Å². The van der Waals surface area contributed by atoms with Gasteiger partial charge >= 0.3 is 5.97 Å². The molecule has 0 saturated heterocycles. The number of carbonyl (C=O) groups is 2. The molecule has 0 saturated carbocycles. The van der Waals surface area contributed by atoms with Gasteiger partial charge in [0.15, 0.2) is 5.78 Å². The zero-order chi connectivity index (χ0) is 19.0. The van der Waals surface area contributed by atoms with Gasteiger partial charge in [-0.05, 0) is 38.3 Å². The zero-order valence-electron chi connectivity index (χ0n) is 15.1. The minimum absolute atomic E-state index is 0.0173. The molecule has 1 aromatic rings. The van der Waals surface area contributed by atoms with E-state index in [4.69, 9.17) is 15.2 Å². The third-order valence-electron chi connectivity index (χ3n) is 4.87. The average Bonchev–Trinajstić information content (AvgIpc) is 2.88. The number of rotatable bonds is 3. The van der Waals surface area contributed by atoms with Crippen molar-refractivity contribution in [1.29, 1.82) is 5.26 Å². The van der Waals surface area contributed by atoms with Crippen LogP contribution in [0.3, 0.4) is 0 Å². The SMILES string of the molecule is CCOC(=O)c1[nH]c(C)c(C2C(C#N)=C(N)OC3=C2C(=O)CCC3)c1C. The number of aromatic nitrogens is 1. The summed E-state index contributed by atoms with van der Waals surface area (Å²) < 4.78 is 10.7. The van der Waals surface area contributed by atoms with Crippen LogP contribution in [0.15, 0.2) is 22.8 Å². The maximum atomic E-state index is 12.6. The summed E-state index contributed by atoms with van der Waals surface area (Å²) in [5, 5.41) is 9.65. The summed E-state index contributed by atoms with van der Waals surface area (Å²) >= 11 is 0. The first-order chi connectivity index (χ1) is 12.4. The molecule has 3 N–H and O–H groups in total. The number of ketones is 1. The van der Waals surface area contributed by atoms with Crippen molar-refractivity contribution in [3.05, 3.63) is 45.3 Å². The molecule has 0 spiro atoms. The molecule has 1 aromatic heterocycles. The van der Waals surface area contributed by atoms with Gasteiger partial charge in [0.2, 0.25) is 5.88 Å². The first-order valence-corrected chi connectivity index (χ1v) is 8.60. The van der Waals surface area contributed by atoms with Gasteiger partial charge in [0, 0.05) is 24.1 Å². The summed E-state index contributed by atoms with van der Waals surface area (Å²) in [6.07, 6.45) is 1.70. The Kier molecular flexibility index (Phi) is 4.60. The Morgan fingerprint density at radius 2 is 2.15 bits per heavy atom. The molecule has 0 bridgehead atoms. The second-order valence-corrected chi connectivity index (χ2v) is 6.42. The van der Waals surface area contributed by atoms with Crippen molar-refractivity contribution in [1.82, 2.24) is 4.98 Å². The Hall–Kier alpha value is -3.01. The number of hydrogen-bond donors (Lipinski definition) is 2. The van der Waals surface area contributed by atoms with Gasteiger partial charge in [0.05, 0.1) is 12.5 Å². The molecule has 7 heteroatoms. The van der Waals surface area contributed by atoms with Crippen molar-refractivity contribution in [2.45, 2.75) is 46.0 Å². The Bertz CT molecular complexity index is 899. The highest BCUT2D eigenvalue weighted by atomic mass is 16.5. The van der Waals surface area contributed by atoms with Crippen molar-refractivity contribution >= 4 is 11.8 Å². The fourth-order valence-corrected chi connectivity index (χ4v) is 3.75. The van der Waals surface area contributed by atoms with Crippen LogP contribution in [0.4, 0.5) is 0 Å². The molecular weight excluding hydrogens is 334 g/mol. The molecule has 136 valence electrons. The molecular formula is C19H21N3O4. The smallest absolute Gasteiger partial charge is 0.355 e. The van der Waals surface area contributed by atoms with Crippen molar-refractivity contribution < 1.29 is 19.1 Å². The standard InChI is InChI=1S/C19H21N3O4/c1-4-25-19(24)17-9(2)14(10(3)22-17)15-11(8-20)18(21)26-13-7-5-6-12(23)16(13)15/h15,22H,4-7,21H2,1-3H3. The number of ether oxygens (including phenoxy) is 2. The Morgan fingerprint density at radius 3 is 2.81 bits per heavy atom. The predicted octanol–water partition coefficient (Wildman–Crippen LogP) is 2.62. The fourth-order valence-electron chi connectivity index (χ4n) is 3.75. The maximum absolute atomic E-state index is 12.6. The highest BCUT2D eigenvalue weighted by Crippen LogP contribution is 2.45. The lowest BCUT2D eigenvalue weighted by Gasteiger charge is -2.31. The van der Waals surface area contributed by atoms with Crippen molar-refractivity contribution in [2.75, 3.05) is 6.61 Å². The molecule has 2 heterocycles. The second kappa shape index (κ2) is 6.71. The molecule has 1 aliphatic carbocycles. The lowest BCUT2D eigenvalue weighted by atomic mass is 9.76. The quantitative estimate of drug-likeness (QED) is 0.805. The molecule has 1 atom stereocenters. The molecule has 0 aromatic carbocycles. The van der Waals surface area contributed by atoms with Crippen molar-refractivity contribution in [3.8, 4) is 6.07 Å². The third kappa shape index (κ3) is 2.68. The largest absolute Gasteiger partial charge is 0.461 e. The van der Waals surface area contributed by atoms with E-state index < -0.39 is 11.9 Å². The number of carbonyl (C=O) groups excluding carboxylic acids is 2. The monoisotopic (exact) mass is 355 g/mol. The summed E-state index contributed by atoms with van der Waals surface area (Å²) in [5.74, 6) is -0.597. The number of aryl methyl sites for hydroxylation is 1. The van der Waals surface area contributed by atoms with Crippen LogP contribution in [0, 0.1) is 25.2 Å². The predicted molar refractivity (Wildman–Crippen MR) is 92.8 cm³/mol. The molecule has 0 fully saturated rings. The van der Waals surface area contributed by atoms with Crippen LogP contribution in [0.25, 0.3) is 0 Å². The number of nitriles is 1. The number of nitrogens with zero attached hydrogens (tertiary/aromatic N) is 1. The number of nitrogens with two attached hydrogens (primary N) is 1. The molecule has 3 rings (SSSR count). The van der Waals surface area contributed by atoms with Gasteiger partial charge in [-0.15, -0.1) is 0 Å². The van der Waals surface area contributed by atoms with E-state index in [9.17, 15) is 14.9 Å². The molecule has 0 amide bonds. The Balaban J connectivity index is 2.21. The van der Waals surface area contributed by atoms with Gasteiger partial charge in [-0.1, -0.05) is 0 Å². The number of esters is 1. The fraction of sp³-hybridized carbons (Fsp3) is 0.421. The van der Waals surface area contributed by atoms with Crippen LogP contribution >= 0.6 is 0 Å². The van der Waals surface area contributed by atoms with Crippen LogP contribution in [0.5, 0.6) is 0 Å². The summed E-state index contributed by atoms with van der Waals surface area (Å²) in [6.45, 7) is 5.57. The van der Waals surface area contributed by atoms with E-state index in [0.29, 0.717) is 53.1 Å². The molecule has 0 radical (unpaired) electrons. The number of nitrogens with one attached hydrogen (secondary N) is 1. The van der Waals surface area contributed by atoms with Crippen LogP contribution < -0.4 is 5.73 Å². The first-order valence-electron chi connectivity index (χ1n) is 8.60. The summed E-state index contributed by atoms with van der Waals surface area (Å²) in [4.78, 5) is 27.9. The van der Waals surface area contributed by atoms with E-state index in [1.54, 1.807) is 20.8 Å². The first kappa shape index (κ1) is 17.8. The van der Waals surface area contributed by atoms with E-state index in [-0.39, 0.29) is 23.8 Å². The molecule has 26 heavy (non-hydrogen) atoms. The lowest BCUT2D eigenvalue weighted by molar-refractivity contribution is -0.116. The van der Waals surface area contributed by atoms with Gasteiger partial charge < -0.3 is 20.2 Å². The van der Waals surface area contributed by atoms with Crippen LogP contribution in [-0.4, -0.2) is 23.3 Å². The van der Waals surface area contributed by atoms with E-state index in [1.807, 2.05) is 0 Å². The Morgan fingerprint density at radius 1 is 1.42 bits per heavy atom. The number of aromatic amines is 1. The van der Waals surface area contributed by atoms with E-state index >= 15 is 0 Å². The minimum atomic E-state index is -0.629. The van der Waals surface area contributed by atoms with Gasteiger partial charge in [0.25, 0.3) is 0 Å². The maximum Gasteiger partial charge on any atom is 0.355 e. The van der Waals surface area contributed by atoms with E-state index in [1.165, 1.54) is 0 Å². The van der Waals surface area contributed by atoms with Gasteiger partial charge in [-0.3, -0.25) is 4.79 Å². The van der Waals surface area contributed by atoms with Crippen LogP contribution in [0.2, 0.25) is 0 Å². The number of H-pyrrole nitrogens is 1. The molecule has 2 aliphatic rings. The van der Waals surface area contributed by atoms with Crippen molar-refractivity contribution in [2.24, 2.45) is 5.73 Å². The van der Waals surface area contributed by atoms with E-state index in [0.717, 1.165) is 0 Å². The molecule has 1 unspecified atom stereocenters. The minimum Gasteiger partial charge on any atom is -0.461 e. The number of allylic oxidation sites excluding steroid dienone is 3. The summed E-state index contributed by atoms with van der Waals surface area (Å²) in [5.41, 5.74) is 9.02. The average molecular weight is 355 g/mol. The Labute approximate surface area is 151 Å². The van der Waals surface area contributed by atoms with Crippen LogP contribution in [-0.2, 0) is 14.3 Å². The van der Waals surface area contributed by atoms with Gasteiger partial charge in [-0.2, -0.15) is 5.26 Å². The van der Waals surface area contributed by atoms with E-state index in [2.05, 4.69) is 11.1 Å². The summed E-state index contributed by atoms with van der Waals surface area (Å²) in [7, 11) is 0. The topological polar surface area (TPSA) is 118 Å². The normalized spacial score (nSPS) is 19.8. The highest BCUT2D eigenvalue weighted by molar-refractivity contribution is 6.00. The third-order valence-corrected chi connectivity index (χ3v) is 4.87. The van der Waals surface area contributed by atoms with Gasteiger partial charge in [-0.25, -0.2) is 4.79 Å². The summed E-state index contributed by atoms with van der Waals surface area (Å²) in [6, 6.07) is 2.09.